The maximum Gasteiger partial charge on any atom is 0.410 e. The largest absolute Gasteiger partial charge is 0.445 e. The summed E-state index contributed by atoms with van der Waals surface area (Å²) in [6, 6.07) is 10.2. The standard InChI is InChI=1S/C20H22F2N2O5S/c1-30(27,28)13-16-9-15(10-23-18(16)25)17-11-24(8-7-20(17,21)22)19(26)29-12-14-5-3-2-4-6-14/h2-6,9-10,17H,7-8,11-13H2,1H3,(H,23,25). The highest BCUT2D eigenvalue weighted by Crippen LogP contribution is 2.40. The van der Waals surface area contributed by atoms with Gasteiger partial charge in [-0.3, -0.25) is 4.79 Å². The van der Waals surface area contributed by atoms with Crippen molar-refractivity contribution in [2.75, 3.05) is 19.3 Å². The van der Waals surface area contributed by atoms with E-state index in [0.717, 1.165) is 18.0 Å². The number of aromatic nitrogens is 1. The number of carbonyl (C=O) groups excluding carboxylic acids is 1. The molecule has 1 aromatic carbocycles. The van der Waals surface area contributed by atoms with Crippen LogP contribution in [0, 0.1) is 0 Å². The number of hydrogen-bond donors (Lipinski definition) is 1. The molecule has 1 atom stereocenters. The second-order valence-corrected chi connectivity index (χ2v) is 9.55. The number of pyridine rings is 1. The predicted octanol–water partition coefficient (Wildman–Crippen LogP) is 2.68. The average Bonchev–Trinajstić information content (AvgIpc) is 2.67. The Morgan fingerprint density at radius 1 is 1.30 bits per heavy atom. The number of carbonyl (C=O) groups is 1. The Bertz CT molecular complexity index is 1070. The van der Waals surface area contributed by atoms with Gasteiger partial charge in [-0.25, -0.2) is 22.0 Å². The van der Waals surface area contributed by atoms with E-state index in [9.17, 15) is 26.8 Å². The molecular formula is C20H22F2N2O5S. The Balaban J connectivity index is 1.77. The number of sulfone groups is 1. The molecule has 0 saturated carbocycles. The number of aromatic amines is 1. The van der Waals surface area contributed by atoms with Gasteiger partial charge in [0, 0.05) is 37.5 Å². The number of hydrogen-bond acceptors (Lipinski definition) is 5. The van der Waals surface area contributed by atoms with Crippen LogP contribution in [0.5, 0.6) is 0 Å². The molecule has 1 N–H and O–H groups in total. The number of ether oxygens (including phenoxy) is 1. The summed E-state index contributed by atoms with van der Waals surface area (Å²) in [5.74, 6) is -5.08. The van der Waals surface area contributed by atoms with Crippen molar-refractivity contribution >= 4 is 15.9 Å². The Kier molecular flexibility index (Phi) is 6.25. The van der Waals surface area contributed by atoms with Gasteiger partial charge in [-0.2, -0.15) is 0 Å². The molecule has 1 aromatic heterocycles. The van der Waals surface area contributed by atoms with Crippen LogP contribution in [0.15, 0.2) is 47.4 Å². The number of alkyl halides is 2. The van der Waals surface area contributed by atoms with Gasteiger partial charge in [0.05, 0.1) is 11.7 Å². The summed E-state index contributed by atoms with van der Waals surface area (Å²) in [4.78, 5) is 27.8. The van der Waals surface area contributed by atoms with Gasteiger partial charge in [0.2, 0.25) is 0 Å². The van der Waals surface area contributed by atoms with Crippen LogP contribution in [0.1, 0.15) is 29.0 Å². The van der Waals surface area contributed by atoms with Crippen LogP contribution in [0.2, 0.25) is 0 Å². The third kappa shape index (κ3) is 5.44. The Hall–Kier alpha value is -2.75. The molecule has 1 aliphatic rings. The quantitative estimate of drug-likeness (QED) is 0.771. The summed E-state index contributed by atoms with van der Waals surface area (Å²) >= 11 is 0. The van der Waals surface area contributed by atoms with Crippen molar-refractivity contribution in [2.24, 2.45) is 0 Å². The van der Waals surface area contributed by atoms with E-state index in [4.69, 9.17) is 4.74 Å². The number of halogens is 2. The van der Waals surface area contributed by atoms with Gasteiger partial charge in [-0.05, 0) is 17.2 Å². The maximum atomic E-state index is 14.6. The normalized spacial score (nSPS) is 18.8. The summed E-state index contributed by atoms with van der Waals surface area (Å²) in [6.07, 6.45) is 0.822. The van der Waals surface area contributed by atoms with Crippen LogP contribution < -0.4 is 5.56 Å². The predicted molar refractivity (Wildman–Crippen MR) is 106 cm³/mol. The van der Waals surface area contributed by atoms with Crippen molar-refractivity contribution < 1.29 is 26.7 Å². The maximum absolute atomic E-state index is 14.6. The zero-order valence-corrected chi connectivity index (χ0v) is 17.1. The molecule has 1 fully saturated rings. The topological polar surface area (TPSA) is 96.5 Å². The van der Waals surface area contributed by atoms with Gasteiger partial charge in [0.25, 0.3) is 11.5 Å². The first kappa shape index (κ1) is 21.9. The van der Waals surface area contributed by atoms with E-state index in [-0.39, 0.29) is 30.8 Å². The number of rotatable bonds is 5. The summed E-state index contributed by atoms with van der Waals surface area (Å²) in [5, 5.41) is 0. The second kappa shape index (κ2) is 8.55. The van der Waals surface area contributed by atoms with Crippen molar-refractivity contribution in [1.29, 1.82) is 0 Å². The Labute approximate surface area is 172 Å². The highest BCUT2D eigenvalue weighted by molar-refractivity contribution is 7.89. The smallest absolute Gasteiger partial charge is 0.410 e. The fourth-order valence-corrected chi connectivity index (χ4v) is 4.15. The van der Waals surface area contributed by atoms with E-state index in [2.05, 4.69) is 4.98 Å². The average molecular weight is 440 g/mol. The van der Waals surface area contributed by atoms with Crippen molar-refractivity contribution in [3.8, 4) is 0 Å². The molecule has 10 heteroatoms. The lowest BCUT2D eigenvalue weighted by Gasteiger charge is -2.38. The van der Waals surface area contributed by atoms with Crippen molar-refractivity contribution in [3.63, 3.8) is 0 Å². The van der Waals surface area contributed by atoms with Gasteiger partial charge in [0.1, 0.15) is 6.61 Å². The van der Waals surface area contributed by atoms with Crippen molar-refractivity contribution in [3.05, 3.63) is 69.6 Å². The number of benzene rings is 1. The minimum Gasteiger partial charge on any atom is -0.445 e. The van der Waals surface area contributed by atoms with E-state index in [1.807, 2.05) is 6.07 Å². The van der Waals surface area contributed by atoms with Gasteiger partial charge in [-0.1, -0.05) is 30.3 Å². The zero-order valence-electron chi connectivity index (χ0n) is 16.3. The molecule has 1 aliphatic heterocycles. The molecule has 2 aromatic rings. The number of H-pyrrole nitrogens is 1. The molecular weight excluding hydrogens is 418 g/mol. The molecule has 0 aliphatic carbocycles. The van der Waals surface area contributed by atoms with E-state index in [1.165, 1.54) is 11.0 Å². The molecule has 7 nitrogen and oxygen atoms in total. The SMILES string of the molecule is CS(=O)(=O)Cc1cc(C2CN(C(=O)OCc3ccccc3)CCC2(F)F)c[nH]c1=O. The summed E-state index contributed by atoms with van der Waals surface area (Å²) in [5.41, 5.74) is 0.0756. The highest BCUT2D eigenvalue weighted by Gasteiger charge is 2.46. The van der Waals surface area contributed by atoms with Crippen LogP contribution in [0.3, 0.4) is 0 Å². The summed E-state index contributed by atoms with van der Waals surface area (Å²) in [6.45, 7) is -0.462. The van der Waals surface area contributed by atoms with E-state index < -0.39 is 45.5 Å². The number of piperidine rings is 1. The third-order valence-corrected chi connectivity index (χ3v) is 5.75. The lowest BCUT2D eigenvalue weighted by Crippen LogP contribution is -2.48. The molecule has 0 spiro atoms. The summed E-state index contributed by atoms with van der Waals surface area (Å²) in [7, 11) is -3.53. The Morgan fingerprint density at radius 3 is 2.67 bits per heavy atom. The fourth-order valence-electron chi connectivity index (χ4n) is 3.37. The molecule has 1 unspecified atom stereocenters. The van der Waals surface area contributed by atoms with Crippen LogP contribution in [0.4, 0.5) is 13.6 Å². The minimum absolute atomic E-state index is 0.0222. The first-order chi connectivity index (χ1) is 14.0. The first-order valence-corrected chi connectivity index (χ1v) is 11.3. The van der Waals surface area contributed by atoms with E-state index in [1.54, 1.807) is 24.3 Å². The van der Waals surface area contributed by atoms with Gasteiger partial charge < -0.3 is 14.6 Å². The molecule has 162 valence electrons. The Morgan fingerprint density at radius 2 is 2.00 bits per heavy atom. The van der Waals surface area contributed by atoms with Crippen molar-refractivity contribution in [2.45, 2.75) is 30.6 Å². The number of nitrogens with one attached hydrogen (secondary N) is 1. The number of nitrogens with zero attached hydrogens (tertiary/aromatic N) is 1. The lowest BCUT2D eigenvalue weighted by molar-refractivity contribution is -0.0729. The minimum atomic E-state index is -3.53. The van der Waals surface area contributed by atoms with Gasteiger partial charge in [0.15, 0.2) is 9.84 Å². The summed E-state index contributed by atoms with van der Waals surface area (Å²) < 4.78 is 57.5. The first-order valence-electron chi connectivity index (χ1n) is 9.28. The second-order valence-electron chi connectivity index (χ2n) is 7.41. The zero-order chi connectivity index (χ0) is 21.9. The van der Waals surface area contributed by atoms with Gasteiger partial charge in [-0.15, -0.1) is 0 Å². The number of amides is 1. The molecule has 1 saturated heterocycles. The highest BCUT2D eigenvalue weighted by atomic mass is 32.2. The molecule has 30 heavy (non-hydrogen) atoms. The van der Waals surface area contributed by atoms with Crippen LogP contribution in [0.25, 0.3) is 0 Å². The van der Waals surface area contributed by atoms with E-state index in [0.29, 0.717) is 0 Å². The molecule has 1 amide bonds. The van der Waals surface area contributed by atoms with E-state index >= 15 is 0 Å². The molecule has 0 bridgehead atoms. The van der Waals surface area contributed by atoms with Gasteiger partial charge >= 0.3 is 6.09 Å². The molecule has 0 radical (unpaired) electrons. The van der Waals surface area contributed by atoms with Crippen molar-refractivity contribution in [1.82, 2.24) is 9.88 Å². The molecule has 2 heterocycles. The van der Waals surface area contributed by atoms with Crippen LogP contribution >= 0.6 is 0 Å². The fraction of sp³-hybridized carbons (Fsp3) is 0.400. The van der Waals surface area contributed by atoms with Crippen LogP contribution in [-0.4, -0.2) is 49.7 Å². The van der Waals surface area contributed by atoms with Crippen LogP contribution in [-0.2, 0) is 26.9 Å². The number of likely N-dealkylation sites (tertiary alicyclic amines) is 1. The molecule has 3 rings (SSSR count). The third-order valence-electron chi connectivity index (χ3n) is 4.91. The lowest BCUT2D eigenvalue weighted by atomic mass is 9.87. The monoisotopic (exact) mass is 440 g/mol.